The molecule has 1 aromatic carbocycles. The molecule has 1 rings (SSSR count). The average Bonchev–Trinajstić information content (AvgIpc) is 2.03. The minimum absolute atomic E-state index is 0.183. The molecular formula is C9H11NO4. The van der Waals surface area contributed by atoms with E-state index in [1.54, 1.807) is 25.1 Å². The van der Waals surface area contributed by atoms with Crippen LogP contribution in [0.25, 0.3) is 0 Å². The van der Waals surface area contributed by atoms with E-state index in [1.165, 1.54) is 6.07 Å². The fraction of sp³-hybridized carbons (Fsp3) is 0.222. The van der Waals surface area contributed by atoms with Gasteiger partial charge in [0.2, 0.25) is 0 Å². The van der Waals surface area contributed by atoms with Gasteiger partial charge in [0, 0.05) is 18.6 Å². The van der Waals surface area contributed by atoms with Crippen LogP contribution in [-0.4, -0.2) is 16.0 Å². The van der Waals surface area contributed by atoms with Crippen LogP contribution in [0.1, 0.15) is 12.5 Å². The first kappa shape index (κ1) is 12.1. The molecule has 0 fully saturated rings. The normalized spacial score (nSPS) is 8.43. The summed E-state index contributed by atoms with van der Waals surface area (Å²) in [7, 11) is 0. The molecule has 0 atom stereocenters. The lowest BCUT2D eigenvalue weighted by Gasteiger charge is -1.92. The minimum Gasteiger partial charge on any atom is -0.481 e. The molecule has 0 aliphatic rings. The Bertz CT molecular complexity index is 331. The number of nitro groups is 1. The number of hydrogen-bond donors (Lipinski definition) is 1. The van der Waals surface area contributed by atoms with Gasteiger partial charge in [-0.25, -0.2) is 0 Å². The maximum atomic E-state index is 10.2. The molecule has 0 spiro atoms. The Hall–Kier alpha value is -1.91. The summed E-state index contributed by atoms with van der Waals surface area (Å²) in [4.78, 5) is 18.8. The molecule has 0 bridgehead atoms. The summed E-state index contributed by atoms with van der Waals surface area (Å²) >= 11 is 0. The highest BCUT2D eigenvalue weighted by atomic mass is 16.6. The molecule has 1 aromatic rings. The van der Waals surface area contributed by atoms with Crippen LogP contribution in [0.15, 0.2) is 24.3 Å². The molecule has 0 aliphatic heterocycles. The van der Waals surface area contributed by atoms with Gasteiger partial charge in [0.25, 0.3) is 11.7 Å². The van der Waals surface area contributed by atoms with Crippen LogP contribution in [0, 0.1) is 17.0 Å². The number of aliphatic carboxylic acids is 1. The highest BCUT2D eigenvalue weighted by molar-refractivity contribution is 5.62. The molecule has 1 N–H and O–H groups in total. The van der Waals surface area contributed by atoms with E-state index in [0.29, 0.717) is 5.56 Å². The van der Waals surface area contributed by atoms with Gasteiger partial charge in [0.05, 0.1) is 4.92 Å². The van der Waals surface area contributed by atoms with Crippen molar-refractivity contribution in [3.05, 3.63) is 39.9 Å². The number of carboxylic acid groups (broad SMARTS) is 1. The topological polar surface area (TPSA) is 80.4 Å². The third-order valence-corrected chi connectivity index (χ3v) is 1.31. The highest BCUT2D eigenvalue weighted by Gasteiger charge is 2.05. The zero-order chi connectivity index (χ0) is 11.1. The van der Waals surface area contributed by atoms with Gasteiger partial charge in [-0.15, -0.1) is 0 Å². The smallest absolute Gasteiger partial charge is 0.300 e. The number of nitro benzene ring substituents is 1. The third-order valence-electron chi connectivity index (χ3n) is 1.31. The quantitative estimate of drug-likeness (QED) is 0.551. The first-order valence-electron chi connectivity index (χ1n) is 3.84. The van der Waals surface area contributed by atoms with Gasteiger partial charge in [0.1, 0.15) is 0 Å². The molecule has 76 valence electrons. The second-order valence-electron chi connectivity index (χ2n) is 2.56. The fourth-order valence-electron chi connectivity index (χ4n) is 0.768. The fourth-order valence-corrected chi connectivity index (χ4v) is 0.768. The Morgan fingerprint density at radius 2 is 1.86 bits per heavy atom. The predicted octanol–water partition coefficient (Wildman–Crippen LogP) is 1.99. The zero-order valence-corrected chi connectivity index (χ0v) is 7.93. The Kier molecular flexibility index (Phi) is 4.91. The molecule has 0 unspecified atom stereocenters. The van der Waals surface area contributed by atoms with Crippen molar-refractivity contribution in [2.45, 2.75) is 13.8 Å². The SMILES string of the molecule is CC(=O)O.Cc1ccccc1[N+](=O)[O-]. The van der Waals surface area contributed by atoms with Crippen LogP contribution in [0.3, 0.4) is 0 Å². The Balaban J connectivity index is 0.000000364. The van der Waals surface area contributed by atoms with E-state index in [4.69, 9.17) is 9.90 Å². The molecule has 5 heteroatoms. The van der Waals surface area contributed by atoms with Crippen LogP contribution in [0.4, 0.5) is 5.69 Å². The molecule has 0 saturated carbocycles. The number of para-hydroxylation sites is 1. The van der Waals surface area contributed by atoms with Crippen LogP contribution in [-0.2, 0) is 4.79 Å². The van der Waals surface area contributed by atoms with E-state index in [9.17, 15) is 10.1 Å². The lowest BCUT2D eigenvalue weighted by molar-refractivity contribution is -0.385. The molecule has 0 radical (unpaired) electrons. The van der Waals surface area contributed by atoms with Gasteiger partial charge in [0.15, 0.2) is 0 Å². The summed E-state index contributed by atoms with van der Waals surface area (Å²) < 4.78 is 0. The van der Waals surface area contributed by atoms with Crippen molar-refractivity contribution in [2.75, 3.05) is 0 Å². The second kappa shape index (κ2) is 5.69. The molecule has 0 aromatic heterocycles. The number of carboxylic acids is 1. The number of aryl methyl sites for hydroxylation is 1. The van der Waals surface area contributed by atoms with E-state index in [0.717, 1.165) is 6.92 Å². The van der Waals surface area contributed by atoms with Crippen LogP contribution in [0.2, 0.25) is 0 Å². The van der Waals surface area contributed by atoms with Gasteiger partial charge in [-0.1, -0.05) is 18.2 Å². The number of carbonyl (C=O) groups is 1. The van der Waals surface area contributed by atoms with Crippen molar-refractivity contribution in [3.8, 4) is 0 Å². The highest BCUT2D eigenvalue weighted by Crippen LogP contribution is 2.14. The average molecular weight is 197 g/mol. The van der Waals surface area contributed by atoms with Gasteiger partial charge in [-0.2, -0.15) is 0 Å². The molecular weight excluding hydrogens is 186 g/mol. The minimum atomic E-state index is -0.833. The number of benzene rings is 1. The molecule has 0 saturated heterocycles. The summed E-state index contributed by atoms with van der Waals surface area (Å²) in [6, 6.07) is 6.65. The lowest BCUT2D eigenvalue weighted by Crippen LogP contribution is -1.89. The summed E-state index contributed by atoms with van der Waals surface area (Å²) in [5, 5.41) is 17.6. The Labute approximate surface area is 81.1 Å². The summed E-state index contributed by atoms with van der Waals surface area (Å²) in [6.45, 7) is 2.80. The van der Waals surface area contributed by atoms with E-state index >= 15 is 0 Å². The lowest BCUT2D eigenvalue weighted by atomic mass is 10.2. The maximum absolute atomic E-state index is 10.2. The summed E-state index contributed by atoms with van der Waals surface area (Å²) in [5.41, 5.74) is 0.884. The monoisotopic (exact) mass is 197 g/mol. The van der Waals surface area contributed by atoms with Crippen molar-refractivity contribution < 1.29 is 14.8 Å². The Morgan fingerprint density at radius 1 is 1.43 bits per heavy atom. The molecule has 0 amide bonds. The van der Waals surface area contributed by atoms with Gasteiger partial charge < -0.3 is 5.11 Å². The van der Waals surface area contributed by atoms with Crippen LogP contribution >= 0.6 is 0 Å². The number of rotatable bonds is 1. The number of nitrogens with zero attached hydrogens (tertiary/aromatic N) is 1. The van der Waals surface area contributed by atoms with Gasteiger partial charge >= 0.3 is 0 Å². The van der Waals surface area contributed by atoms with Crippen molar-refractivity contribution in [2.24, 2.45) is 0 Å². The maximum Gasteiger partial charge on any atom is 0.300 e. The molecule has 14 heavy (non-hydrogen) atoms. The van der Waals surface area contributed by atoms with Crippen LogP contribution in [0.5, 0.6) is 0 Å². The van der Waals surface area contributed by atoms with Crippen molar-refractivity contribution in [3.63, 3.8) is 0 Å². The van der Waals surface area contributed by atoms with Gasteiger partial charge in [-0.05, 0) is 6.92 Å². The van der Waals surface area contributed by atoms with Crippen molar-refractivity contribution in [1.82, 2.24) is 0 Å². The first-order valence-corrected chi connectivity index (χ1v) is 3.84. The largest absolute Gasteiger partial charge is 0.481 e. The van der Waals surface area contributed by atoms with Crippen LogP contribution < -0.4 is 0 Å². The van der Waals surface area contributed by atoms with E-state index < -0.39 is 5.97 Å². The van der Waals surface area contributed by atoms with E-state index in [2.05, 4.69) is 0 Å². The summed E-state index contributed by atoms with van der Waals surface area (Å²) in [6.07, 6.45) is 0. The molecule has 0 heterocycles. The van der Waals surface area contributed by atoms with Crippen molar-refractivity contribution >= 4 is 11.7 Å². The molecule has 5 nitrogen and oxygen atoms in total. The van der Waals surface area contributed by atoms with Crippen molar-refractivity contribution in [1.29, 1.82) is 0 Å². The predicted molar refractivity (Wildman–Crippen MR) is 51.1 cm³/mol. The second-order valence-corrected chi connectivity index (χ2v) is 2.56. The first-order chi connectivity index (χ1) is 6.45. The number of hydrogen-bond acceptors (Lipinski definition) is 3. The van der Waals surface area contributed by atoms with E-state index in [-0.39, 0.29) is 10.6 Å². The van der Waals surface area contributed by atoms with Gasteiger partial charge in [-0.3, -0.25) is 14.9 Å². The standard InChI is InChI=1S/C7H7NO2.C2H4O2/c1-6-4-2-3-5-7(6)8(9)10;1-2(3)4/h2-5H,1H3;1H3,(H,3,4). The Morgan fingerprint density at radius 3 is 2.14 bits per heavy atom. The summed E-state index contributed by atoms with van der Waals surface area (Å²) in [5.74, 6) is -0.833. The molecule has 0 aliphatic carbocycles. The third kappa shape index (κ3) is 4.87. The van der Waals surface area contributed by atoms with E-state index in [1.807, 2.05) is 0 Å². The zero-order valence-electron chi connectivity index (χ0n) is 7.93.